The summed E-state index contributed by atoms with van der Waals surface area (Å²) in [6.45, 7) is 0.583. The molecular formula is C12H16BNO3. The average Bonchev–Trinajstić information content (AvgIpc) is 2.28. The molecular weight excluding hydrogens is 217 g/mol. The largest absolute Gasteiger partial charge is 0.491 e. The first-order valence-corrected chi connectivity index (χ1v) is 6.17. The van der Waals surface area contributed by atoms with E-state index in [1.807, 2.05) is 18.2 Å². The van der Waals surface area contributed by atoms with Gasteiger partial charge in [-0.25, -0.2) is 0 Å². The van der Waals surface area contributed by atoms with E-state index in [1.165, 1.54) is 6.42 Å². The molecule has 1 fully saturated rings. The van der Waals surface area contributed by atoms with Crippen LogP contribution in [-0.4, -0.2) is 24.9 Å². The molecule has 5 heteroatoms. The number of benzene rings is 1. The predicted molar refractivity (Wildman–Crippen MR) is 66.1 cm³/mol. The summed E-state index contributed by atoms with van der Waals surface area (Å²) in [5.74, 6) is 0. The molecule has 1 aromatic rings. The van der Waals surface area contributed by atoms with Crippen LogP contribution in [0.15, 0.2) is 18.2 Å². The Labute approximate surface area is 101 Å². The first-order chi connectivity index (χ1) is 8.33. The molecule has 4 nitrogen and oxygen atoms in total. The predicted octanol–water partition coefficient (Wildman–Crippen LogP) is 0.843. The fourth-order valence-corrected chi connectivity index (χ4v) is 2.13. The van der Waals surface area contributed by atoms with Crippen molar-refractivity contribution >= 4 is 18.3 Å². The molecule has 3 rings (SSSR count). The summed E-state index contributed by atoms with van der Waals surface area (Å²) in [6, 6.07) is 5.90. The Balaban J connectivity index is 1.70. The van der Waals surface area contributed by atoms with E-state index in [4.69, 9.17) is 9.49 Å². The van der Waals surface area contributed by atoms with E-state index < -0.39 is 7.12 Å². The number of rotatable bonds is 3. The Bertz CT molecular complexity index is 409. The van der Waals surface area contributed by atoms with Crippen molar-refractivity contribution in [1.29, 1.82) is 0 Å². The summed E-state index contributed by atoms with van der Waals surface area (Å²) >= 11 is 0. The molecule has 0 atom stereocenters. The van der Waals surface area contributed by atoms with E-state index in [2.05, 4.69) is 5.48 Å². The van der Waals surface area contributed by atoms with Crippen LogP contribution in [0.25, 0.3) is 0 Å². The minimum atomic E-state index is -0.802. The van der Waals surface area contributed by atoms with Gasteiger partial charge in [0.1, 0.15) is 0 Å². The van der Waals surface area contributed by atoms with Crippen molar-refractivity contribution < 1.29 is 14.5 Å². The van der Waals surface area contributed by atoms with Crippen molar-refractivity contribution in [2.45, 2.75) is 31.8 Å². The van der Waals surface area contributed by atoms with Crippen LogP contribution in [0.2, 0.25) is 0 Å². The van der Waals surface area contributed by atoms with Gasteiger partial charge in [-0.3, -0.25) is 10.3 Å². The highest BCUT2D eigenvalue weighted by molar-refractivity contribution is 6.61. The van der Waals surface area contributed by atoms with Crippen LogP contribution in [-0.2, 0) is 15.9 Å². The molecule has 17 heavy (non-hydrogen) atoms. The zero-order chi connectivity index (χ0) is 11.7. The van der Waals surface area contributed by atoms with Gasteiger partial charge >= 0.3 is 7.12 Å². The second kappa shape index (κ2) is 4.68. The number of fused-ring (bicyclic) bond motifs is 1. The van der Waals surface area contributed by atoms with Crippen molar-refractivity contribution in [3.05, 3.63) is 23.8 Å². The van der Waals surface area contributed by atoms with Gasteiger partial charge in [0, 0.05) is 6.61 Å². The van der Waals surface area contributed by atoms with E-state index in [0.717, 1.165) is 36.0 Å². The zero-order valence-electron chi connectivity index (χ0n) is 9.69. The van der Waals surface area contributed by atoms with E-state index in [0.29, 0.717) is 12.7 Å². The number of nitrogens with one attached hydrogen (secondary N) is 1. The Morgan fingerprint density at radius 1 is 1.41 bits per heavy atom. The molecule has 0 unspecified atom stereocenters. The van der Waals surface area contributed by atoms with Crippen LogP contribution in [0.5, 0.6) is 0 Å². The first-order valence-electron chi connectivity index (χ1n) is 6.17. The van der Waals surface area contributed by atoms with Gasteiger partial charge in [0.2, 0.25) is 0 Å². The smallest absolute Gasteiger partial charge is 0.423 e. The lowest BCUT2D eigenvalue weighted by molar-refractivity contribution is 0.0392. The van der Waals surface area contributed by atoms with Gasteiger partial charge in [0.05, 0.1) is 11.8 Å². The lowest BCUT2D eigenvalue weighted by Crippen LogP contribution is -2.41. The Hall–Kier alpha value is -1.04. The zero-order valence-corrected chi connectivity index (χ0v) is 9.69. The van der Waals surface area contributed by atoms with Crippen LogP contribution < -0.4 is 10.9 Å². The van der Waals surface area contributed by atoms with Gasteiger partial charge in [-0.1, -0.05) is 6.07 Å². The average molecular weight is 233 g/mol. The van der Waals surface area contributed by atoms with E-state index >= 15 is 0 Å². The summed E-state index contributed by atoms with van der Waals surface area (Å²) < 4.78 is 5.20. The van der Waals surface area contributed by atoms with E-state index in [9.17, 15) is 5.02 Å². The topological polar surface area (TPSA) is 50.7 Å². The molecule has 1 saturated carbocycles. The lowest BCUT2D eigenvalue weighted by Gasteiger charge is -2.26. The molecule has 0 aromatic heterocycles. The number of hydrogen-bond donors (Lipinski definition) is 2. The van der Waals surface area contributed by atoms with Crippen molar-refractivity contribution in [3.8, 4) is 0 Å². The van der Waals surface area contributed by atoms with Gasteiger partial charge < -0.3 is 9.68 Å². The summed E-state index contributed by atoms with van der Waals surface area (Å²) in [6.07, 6.45) is 4.71. The Kier molecular flexibility index (Phi) is 3.05. The van der Waals surface area contributed by atoms with Gasteiger partial charge in [0.25, 0.3) is 0 Å². The van der Waals surface area contributed by atoms with Gasteiger partial charge in [-0.05, 0) is 48.8 Å². The normalized spacial score (nSPS) is 19.7. The third kappa shape index (κ3) is 2.31. The van der Waals surface area contributed by atoms with Gasteiger partial charge in [-0.2, -0.15) is 0 Å². The highest BCUT2D eigenvalue weighted by Gasteiger charge is 2.25. The fourth-order valence-electron chi connectivity index (χ4n) is 2.13. The van der Waals surface area contributed by atoms with Crippen LogP contribution in [0.3, 0.4) is 0 Å². The second-order valence-corrected chi connectivity index (χ2v) is 4.66. The summed E-state index contributed by atoms with van der Waals surface area (Å²) in [5.41, 5.74) is 5.82. The molecule has 1 aromatic carbocycles. The molecule has 2 N–H and O–H groups in total. The third-order valence-electron chi connectivity index (χ3n) is 3.45. The minimum Gasteiger partial charge on any atom is -0.423 e. The quantitative estimate of drug-likeness (QED) is 0.600. The van der Waals surface area contributed by atoms with Crippen LogP contribution in [0, 0.1) is 0 Å². The molecule has 0 spiro atoms. The maximum atomic E-state index is 9.73. The van der Waals surface area contributed by atoms with E-state index in [1.54, 1.807) is 0 Å². The van der Waals surface area contributed by atoms with Crippen LogP contribution in [0.4, 0.5) is 5.69 Å². The van der Waals surface area contributed by atoms with Gasteiger partial charge in [0.15, 0.2) is 0 Å². The standard InChI is InChI=1S/C12H16BNO3/c15-13-12-8-10(14-17-11-2-1-3-11)5-4-9(12)6-7-16-13/h4-5,8,11,14-15H,1-3,6-7H2. The molecule has 0 bridgehead atoms. The van der Waals surface area contributed by atoms with Crippen molar-refractivity contribution in [2.75, 3.05) is 12.1 Å². The molecule has 90 valence electrons. The monoisotopic (exact) mass is 233 g/mol. The SMILES string of the molecule is OB1OCCc2ccc(NOC3CCC3)cc21. The minimum absolute atomic E-state index is 0.340. The molecule has 1 heterocycles. The summed E-state index contributed by atoms with van der Waals surface area (Å²) in [4.78, 5) is 5.52. The van der Waals surface area contributed by atoms with E-state index in [-0.39, 0.29) is 0 Å². The Morgan fingerprint density at radius 2 is 2.29 bits per heavy atom. The maximum absolute atomic E-state index is 9.73. The summed E-state index contributed by atoms with van der Waals surface area (Å²) in [7, 11) is -0.802. The highest BCUT2D eigenvalue weighted by atomic mass is 16.7. The highest BCUT2D eigenvalue weighted by Crippen LogP contribution is 2.22. The third-order valence-corrected chi connectivity index (χ3v) is 3.45. The number of hydrogen-bond acceptors (Lipinski definition) is 4. The maximum Gasteiger partial charge on any atom is 0.491 e. The van der Waals surface area contributed by atoms with Crippen molar-refractivity contribution in [1.82, 2.24) is 0 Å². The summed E-state index contributed by atoms with van der Waals surface area (Å²) in [5, 5.41) is 9.73. The van der Waals surface area contributed by atoms with Crippen molar-refractivity contribution in [3.63, 3.8) is 0 Å². The molecule has 0 saturated heterocycles. The number of anilines is 1. The Morgan fingerprint density at radius 3 is 3.06 bits per heavy atom. The van der Waals surface area contributed by atoms with Crippen LogP contribution >= 0.6 is 0 Å². The lowest BCUT2D eigenvalue weighted by atomic mass is 9.73. The molecule has 1 aliphatic heterocycles. The van der Waals surface area contributed by atoms with Crippen molar-refractivity contribution in [2.24, 2.45) is 0 Å². The molecule has 1 aliphatic carbocycles. The molecule has 2 aliphatic rings. The fraction of sp³-hybridized carbons (Fsp3) is 0.500. The first kappa shape index (κ1) is 11.1. The van der Waals surface area contributed by atoms with Crippen LogP contribution in [0.1, 0.15) is 24.8 Å². The second-order valence-electron chi connectivity index (χ2n) is 4.66. The molecule has 0 amide bonds. The molecule has 0 radical (unpaired) electrons. The van der Waals surface area contributed by atoms with Gasteiger partial charge in [-0.15, -0.1) is 0 Å².